The lowest BCUT2D eigenvalue weighted by molar-refractivity contribution is 0.408. The molecule has 4 heteroatoms. The Morgan fingerprint density at radius 3 is 2.47 bits per heavy atom. The Kier molecular flexibility index (Phi) is 3.90. The summed E-state index contributed by atoms with van der Waals surface area (Å²) in [5.41, 5.74) is 10.1. The Morgan fingerprint density at radius 1 is 1.32 bits per heavy atom. The van der Waals surface area contributed by atoms with Crippen molar-refractivity contribution in [3.63, 3.8) is 0 Å². The average Bonchev–Trinajstić information content (AvgIpc) is 2.87. The van der Waals surface area contributed by atoms with Crippen LogP contribution >= 0.6 is 0 Å². The van der Waals surface area contributed by atoms with E-state index in [0.29, 0.717) is 6.54 Å². The number of hydrogen-bond acceptors (Lipinski definition) is 3. The Labute approximate surface area is 114 Å². The van der Waals surface area contributed by atoms with E-state index in [1.807, 2.05) is 6.20 Å². The minimum absolute atomic E-state index is 0.245. The summed E-state index contributed by atoms with van der Waals surface area (Å²) in [5.74, 6) is 2.12. The van der Waals surface area contributed by atoms with Crippen molar-refractivity contribution in [2.45, 2.75) is 26.7 Å². The van der Waals surface area contributed by atoms with E-state index in [0.717, 1.165) is 34.0 Å². The van der Waals surface area contributed by atoms with Crippen molar-refractivity contribution in [3.8, 4) is 17.0 Å². The summed E-state index contributed by atoms with van der Waals surface area (Å²) in [4.78, 5) is 7.74. The Hall–Kier alpha value is -1.81. The first-order valence-corrected chi connectivity index (χ1v) is 6.47. The molecule has 0 fully saturated rings. The number of aromatic amines is 1. The summed E-state index contributed by atoms with van der Waals surface area (Å²) >= 11 is 0. The van der Waals surface area contributed by atoms with Crippen molar-refractivity contribution in [1.29, 1.82) is 0 Å². The van der Waals surface area contributed by atoms with Gasteiger partial charge in [0.05, 0.1) is 19.0 Å². The van der Waals surface area contributed by atoms with Gasteiger partial charge in [-0.3, -0.25) is 0 Å². The first kappa shape index (κ1) is 13.6. The number of imidazole rings is 1. The lowest BCUT2D eigenvalue weighted by Gasteiger charge is -2.10. The highest BCUT2D eigenvalue weighted by Gasteiger charge is 2.11. The predicted octanol–water partition coefficient (Wildman–Crippen LogP) is 2.76. The zero-order chi connectivity index (χ0) is 14.0. The van der Waals surface area contributed by atoms with E-state index >= 15 is 0 Å². The number of H-pyrrole nitrogens is 1. The molecule has 0 saturated heterocycles. The second-order valence-electron chi connectivity index (χ2n) is 4.96. The molecule has 102 valence electrons. The fraction of sp³-hybridized carbons (Fsp3) is 0.400. The van der Waals surface area contributed by atoms with Gasteiger partial charge in [-0.2, -0.15) is 0 Å². The molecule has 0 aliphatic carbocycles. The van der Waals surface area contributed by atoms with Gasteiger partial charge in [0.2, 0.25) is 0 Å². The van der Waals surface area contributed by atoms with Crippen LogP contribution in [0.2, 0.25) is 0 Å². The molecule has 0 bridgehead atoms. The van der Waals surface area contributed by atoms with Crippen LogP contribution in [-0.4, -0.2) is 23.6 Å². The Balaban J connectivity index is 2.39. The highest BCUT2D eigenvalue weighted by molar-refractivity contribution is 5.63. The van der Waals surface area contributed by atoms with E-state index in [2.05, 4.69) is 42.9 Å². The molecular formula is C15H21N3O. The average molecular weight is 259 g/mol. The number of hydrogen-bond donors (Lipinski definition) is 2. The van der Waals surface area contributed by atoms with Crippen molar-refractivity contribution >= 4 is 0 Å². The fourth-order valence-electron chi connectivity index (χ4n) is 2.27. The summed E-state index contributed by atoms with van der Waals surface area (Å²) < 4.78 is 5.39. The van der Waals surface area contributed by atoms with Crippen LogP contribution in [0.25, 0.3) is 11.3 Å². The van der Waals surface area contributed by atoms with Gasteiger partial charge in [0, 0.05) is 18.0 Å². The standard InChI is InChI=1S/C15H21N3O/c1-9-5-12(6-10(2)14(9)19-4)13-8-17-15(18-13)11(3)7-16/h5-6,8,11H,7,16H2,1-4H3,(H,17,18). The van der Waals surface area contributed by atoms with Crippen LogP contribution in [0.3, 0.4) is 0 Å². The van der Waals surface area contributed by atoms with Gasteiger partial charge in [0.15, 0.2) is 0 Å². The van der Waals surface area contributed by atoms with E-state index < -0.39 is 0 Å². The molecule has 0 amide bonds. The minimum Gasteiger partial charge on any atom is -0.496 e. The number of nitrogens with two attached hydrogens (primary N) is 1. The third-order valence-electron chi connectivity index (χ3n) is 3.39. The van der Waals surface area contributed by atoms with E-state index in [-0.39, 0.29) is 5.92 Å². The zero-order valence-corrected chi connectivity index (χ0v) is 11.9. The van der Waals surface area contributed by atoms with Crippen molar-refractivity contribution in [3.05, 3.63) is 35.3 Å². The Morgan fingerprint density at radius 2 is 1.95 bits per heavy atom. The fourth-order valence-corrected chi connectivity index (χ4v) is 2.27. The smallest absolute Gasteiger partial charge is 0.124 e. The van der Waals surface area contributed by atoms with Crippen molar-refractivity contribution in [2.75, 3.05) is 13.7 Å². The van der Waals surface area contributed by atoms with Gasteiger partial charge >= 0.3 is 0 Å². The maximum absolute atomic E-state index is 5.66. The van der Waals surface area contributed by atoms with Crippen LogP contribution in [0.4, 0.5) is 0 Å². The van der Waals surface area contributed by atoms with E-state index in [1.54, 1.807) is 7.11 Å². The lowest BCUT2D eigenvalue weighted by Crippen LogP contribution is -2.10. The minimum atomic E-state index is 0.245. The number of rotatable bonds is 4. The molecule has 4 nitrogen and oxygen atoms in total. The number of nitrogens with one attached hydrogen (secondary N) is 1. The summed E-state index contributed by atoms with van der Waals surface area (Å²) in [6, 6.07) is 4.21. The van der Waals surface area contributed by atoms with Gasteiger partial charge in [0.1, 0.15) is 11.6 Å². The van der Waals surface area contributed by atoms with Crippen molar-refractivity contribution in [2.24, 2.45) is 5.73 Å². The lowest BCUT2D eigenvalue weighted by atomic mass is 10.0. The molecule has 1 aromatic heterocycles. The molecule has 0 aliphatic rings. The number of aryl methyl sites for hydroxylation is 2. The van der Waals surface area contributed by atoms with Gasteiger partial charge in [-0.15, -0.1) is 0 Å². The topological polar surface area (TPSA) is 63.9 Å². The second kappa shape index (κ2) is 5.45. The normalized spacial score (nSPS) is 12.5. The van der Waals surface area contributed by atoms with Gasteiger partial charge in [0.25, 0.3) is 0 Å². The first-order valence-electron chi connectivity index (χ1n) is 6.47. The quantitative estimate of drug-likeness (QED) is 0.887. The molecule has 0 aliphatic heterocycles. The van der Waals surface area contributed by atoms with E-state index in [1.165, 1.54) is 0 Å². The van der Waals surface area contributed by atoms with Crippen LogP contribution < -0.4 is 10.5 Å². The number of benzene rings is 1. The third kappa shape index (κ3) is 2.63. The summed E-state index contributed by atoms with van der Waals surface area (Å²) in [6.45, 7) is 6.75. The number of methoxy groups -OCH3 is 1. The molecular weight excluding hydrogens is 238 g/mol. The summed E-state index contributed by atoms with van der Waals surface area (Å²) in [5, 5.41) is 0. The van der Waals surface area contributed by atoms with Crippen LogP contribution in [-0.2, 0) is 0 Å². The number of aromatic nitrogens is 2. The zero-order valence-electron chi connectivity index (χ0n) is 11.9. The monoisotopic (exact) mass is 259 g/mol. The molecule has 1 atom stereocenters. The molecule has 19 heavy (non-hydrogen) atoms. The highest BCUT2D eigenvalue weighted by atomic mass is 16.5. The molecule has 0 saturated carbocycles. The molecule has 3 N–H and O–H groups in total. The molecule has 2 rings (SSSR count). The van der Waals surface area contributed by atoms with Gasteiger partial charge in [-0.05, 0) is 37.1 Å². The van der Waals surface area contributed by atoms with Crippen LogP contribution in [0.15, 0.2) is 18.3 Å². The molecule has 1 heterocycles. The number of ether oxygens (including phenoxy) is 1. The summed E-state index contributed by atoms with van der Waals surface area (Å²) in [6.07, 6.45) is 1.86. The second-order valence-corrected chi connectivity index (χ2v) is 4.96. The van der Waals surface area contributed by atoms with E-state index in [9.17, 15) is 0 Å². The van der Waals surface area contributed by atoms with Crippen LogP contribution in [0, 0.1) is 13.8 Å². The Bertz CT molecular complexity index is 552. The van der Waals surface area contributed by atoms with Gasteiger partial charge in [-0.25, -0.2) is 4.98 Å². The molecule has 1 unspecified atom stereocenters. The first-order chi connectivity index (χ1) is 9.06. The SMILES string of the molecule is COc1c(C)cc(-c2cnc(C(C)CN)[nH]2)cc1C. The molecule has 0 spiro atoms. The predicted molar refractivity (Wildman–Crippen MR) is 77.5 cm³/mol. The van der Waals surface area contributed by atoms with Gasteiger partial charge in [-0.1, -0.05) is 6.92 Å². The maximum atomic E-state index is 5.66. The molecule has 2 aromatic rings. The van der Waals surface area contributed by atoms with Gasteiger partial charge < -0.3 is 15.5 Å². The van der Waals surface area contributed by atoms with E-state index in [4.69, 9.17) is 10.5 Å². The number of nitrogens with zero attached hydrogens (tertiary/aromatic N) is 1. The highest BCUT2D eigenvalue weighted by Crippen LogP contribution is 2.29. The molecule has 0 radical (unpaired) electrons. The largest absolute Gasteiger partial charge is 0.496 e. The maximum Gasteiger partial charge on any atom is 0.124 e. The van der Waals surface area contributed by atoms with Crippen molar-refractivity contribution < 1.29 is 4.74 Å². The summed E-state index contributed by atoms with van der Waals surface area (Å²) in [7, 11) is 1.70. The van der Waals surface area contributed by atoms with Crippen LogP contribution in [0.1, 0.15) is 29.8 Å². The molecule has 1 aromatic carbocycles. The third-order valence-corrected chi connectivity index (χ3v) is 3.39. The van der Waals surface area contributed by atoms with Crippen LogP contribution in [0.5, 0.6) is 5.75 Å². The van der Waals surface area contributed by atoms with Crippen molar-refractivity contribution in [1.82, 2.24) is 9.97 Å².